The second-order valence-electron chi connectivity index (χ2n) is 2.59. The van der Waals surface area contributed by atoms with Crippen molar-refractivity contribution < 1.29 is 0 Å². The Kier molecular flexibility index (Phi) is 2.65. The molecular formula is C8H15N3. The lowest BCUT2D eigenvalue weighted by Gasteiger charge is -2.09. The molecule has 62 valence electrons. The van der Waals surface area contributed by atoms with Crippen molar-refractivity contribution in [3.63, 3.8) is 0 Å². The summed E-state index contributed by atoms with van der Waals surface area (Å²) in [5.41, 5.74) is 5.83. The van der Waals surface area contributed by atoms with Gasteiger partial charge in [-0.3, -0.25) is 0 Å². The van der Waals surface area contributed by atoms with Crippen LogP contribution in [-0.4, -0.2) is 9.55 Å². The highest BCUT2D eigenvalue weighted by atomic mass is 15.1. The van der Waals surface area contributed by atoms with Crippen LogP contribution in [0, 0.1) is 0 Å². The SMILES string of the molecule is CCC(N)c1nccn1CC. The van der Waals surface area contributed by atoms with E-state index < -0.39 is 0 Å². The van der Waals surface area contributed by atoms with Crippen LogP contribution in [0.25, 0.3) is 0 Å². The Morgan fingerprint density at radius 2 is 2.36 bits per heavy atom. The maximum atomic E-state index is 5.83. The summed E-state index contributed by atoms with van der Waals surface area (Å²) >= 11 is 0. The number of imidazole rings is 1. The van der Waals surface area contributed by atoms with Gasteiger partial charge in [-0.1, -0.05) is 6.92 Å². The van der Waals surface area contributed by atoms with Gasteiger partial charge in [0.25, 0.3) is 0 Å². The Labute approximate surface area is 67.2 Å². The van der Waals surface area contributed by atoms with Gasteiger partial charge in [0.05, 0.1) is 6.04 Å². The van der Waals surface area contributed by atoms with E-state index in [9.17, 15) is 0 Å². The largest absolute Gasteiger partial charge is 0.334 e. The number of hydrogen-bond donors (Lipinski definition) is 1. The van der Waals surface area contributed by atoms with Crippen LogP contribution in [0.1, 0.15) is 32.1 Å². The molecule has 1 aromatic rings. The van der Waals surface area contributed by atoms with Crippen LogP contribution in [-0.2, 0) is 6.54 Å². The van der Waals surface area contributed by atoms with E-state index in [1.54, 1.807) is 6.20 Å². The van der Waals surface area contributed by atoms with Crippen molar-refractivity contribution in [2.24, 2.45) is 5.73 Å². The first kappa shape index (κ1) is 8.27. The van der Waals surface area contributed by atoms with Crippen LogP contribution >= 0.6 is 0 Å². The summed E-state index contributed by atoms with van der Waals surface area (Å²) in [4.78, 5) is 4.20. The quantitative estimate of drug-likeness (QED) is 0.711. The van der Waals surface area contributed by atoms with Crippen LogP contribution in [0.3, 0.4) is 0 Å². The molecule has 0 fully saturated rings. The highest BCUT2D eigenvalue weighted by molar-refractivity contribution is 4.97. The fourth-order valence-electron chi connectivity index (χ4n) is 1.10. The Balaban J connectivity index is 2.83. The zero-order chi connectivity index (χ0) is 8.27. The zero-order valence-electron chi connectivity index (χ0n) is 7.12. The minimum atomic E-state index is 0.0879. The van der Waals surface area contributed by atoms with Crippen molar-refractivity contribution in [1.82, 2.24) is 9.55 Å². The first-order chi connectivity index (χ1) is 5.29. The summed E-state index contributed by atoms with van der Waals surface area (Å²) in [6.07, 6.45) is 4.70. The molecule has 1 atom stereocenters. The molecule has 11 heavy (non-hydrogen) atoms. The van der Waals surface area contributed by atoms with Gasteiger partial charge in [-0.05, 0) is 13.3 Å². The maximum absolute atomic E-state index is 5.83. The van der Waals surface area contributed by atoms with Gasteiger partial charge in [0.2, 0.25) is 0 Å². The van der Waals surface area contributed by atoms with Crippen LogP contribution in [0.4, 0.5) is 0 Å². The number of rotatable bonds is 3. The fourth-order valence-corrected chi connectivity index (χ4v) is 1.10. The first-order valence-electron chi connectivity index (χ1n) is 4.06. The lowest BCUT2D eigenvalue weighted by molar-refractivity contribution is 0.589. The third-order valence-corrected chi connectivity index (χ3v) is 1.86. The number of hydrogen-bond acceptors (Lipinski definition) is 2. The van der Waals surface area contributed by atoms with Crippen molar-refractivity contribution in [2.75, 3.05) is 0 Å². The summed E-state index contributed by atoms with van der Waals surface area (Å²) in [5, 5.41) is 0. The average Bonchev–Trinajstić information content (AvgIpc) is 2.50. The lowest BCUT2D eigenvalue weighted by Crippen LogP contribution is -2.15. The molecule has 0 saturated carbocycles. The average molecular weight is 153 g/mol. The second-order valence-corrected chi connectivity index (χ2v) is 2.59. The lowest BCUT2D eigenvalue weighted by atomic mass is 10.2. The minimum Gasteiger partial charge on any atom is -0.334 e. The molecule has 0 aromatic carbocycles. The van der Waals surface area contributed by atoms with Gasteiger partial charge in [0.1, 0.15) is 5.82 Å². The van der Waals surface area contributed by atoms with E-state index in [0.29, 0.717) is 0 Å². The molecule has 3 nitrogen and oxygen atoms in total. The monoisotopic (exact) mass is 153 g/mol. The van der Waals surface area contributed by atoms with E-state index in [0.717, 1.165) is 18.8 Å². The number of nitrogens with zero attached hydrogens (tertiary/aromatic N) is 2. The van der Waals surface area contributed by atoms with E-state index >= 15 is 0 Å². The highest BCUT2D eigenvalue weighted by Crippen LogP contribution is 2.10. The second kappa shape index (κ2) is 3.53. The van der Waals surface area contributed by atoms with Gasteiger partial charge in [-0.2, -0.15) is 0 Å². The predicted molar refractivity (Wildman–Crippen MR) is 45.1 cm³/mol. The maximum Gasteiger partial charge on any atom is 0.125 e. The van der Waals surface area contributed by atoms with E-state index in [1.807, 2.05) is 6.20 Å². The van der Waals surface area contributed by atoms with Crippen LogP contribution in [0.5, 0.6) is 0 Å². The van der Waals surface area contributed by atoms with Crippen molar-refractivity contribution in [3.8, 4) is 0 Å². The van der Waals surface area contributed by atoms with Gasteiger partial charge in [0.15, 0.2) is 0 Å². The normalized spacial score (nSPS) is 13.4. The van der Waals surface area contributed by atoms with Crippen molar-refractivity contribution >= 4 is 0 Å². The van der Waals surface area contributed by atoms with E-state index in [2.05, 4.69) is 23.4 Å². The summed E-state index contributed by atoms with van der Waals surface area (Å²) in [6, 6.07) is 0.0879. The van der Waals surface area contributed by atoms with Crippen LogP contribution in [0.2, 0.25) is 0 Å². The Morgan fingerprint density at radius 3 is 2.91 bits per heavy atom. The first-order valence-corrected chi connectivity index (χ1v) is 4.06. The van der Waals surface area contributed by atoms with Gasteiger partial charge >= 0.3 is 0 Å². The minimum absolute atomic E-state index is 0.0879. The Hall–Kier alpha value is -0.830. The molecule has 3 heteroatoms. The standard InChI is InChI=1S/C8H15N3/c1-3-7(9)8-10-5-6-11(8)4-2/h5-7H,3-4,9H2,1-2H3. The number of nitrogens with two attached hydrogens (primary N) is 1. The van der Waals surface area contributed by atoms with Crippen molar-refractivity contribution in [2.45, 2.75) is 32.9 Å². The third kappa shape index (κ3) is 1.60. The molecular weight excluding hydrogens is 138 g/mol. The summed E-state index contributed by atoms with van der Waals surface area (Å²) in [7, 11) is 0. The number of aryl methyl sites for hydroxylation is 1. The molecule has 1 unspecified atom stereocenters. The molecule has 0 aliphatic rings. The molecule has 0 spiro atoms. The van der Waals surface area contributed by atoms with Crippen LogP contribution in [0.15, 0.2) is 12.4 Å². The molecule has 0 amide bonds. The van der Waals surface area contributed by atoms with Gasteiger partial charge < -0.3 is 10.3 Å². The molecule has 0 saturated heterocycles. The molecule has 1 aromatic heterocycles. The highest BCUT2D eigenvalue weighted by Gasteiger charge is 2.07. The van der Waals surface area contributed by atoms with Gasteiger partial charge in [-0.25, -0.2) is 4.98 Å². The summed E-state index contributed by atoms with van der Waals surface area (Å²) in [5.74, 6) is 0.995. The molecule has 0 bridgehead atoms. The molecule has 1 heterocycles. The Morgan fingerprint density at radius 1 is 1.64 bits per heavy atom. The van der Waals surface area contributed by atoms with Gasteiger partial charge in [-0.15, -0.1) is 0 Å². The van der Waals surface area contributed by atoms with E-state index in [1.165, 1.54) is 0 Å². The van der Waals surface area contributed by atoms with E-state index in [-0.39, 0.29) is 6.04 Å². The molecule has 0 radical (unpaired) electrons. The smallest absolute Gasteiger partial charge is 0.125 e. The summed E-state index contributed by atoms with van der Waals surface area (Å²) < 4.78 is 2.08. The molecule has 2 N–H and O–H groups in total. The predicted octanol–water partition coefficient (Wildman–Crippen LogP) is 1.31. The topological polar surface area (TPSA) is 43.8 Å². The van der Waals surface area contributed by atoms with Gasteiger partial charge in [0, 0.05) is 18.9 Å². The zero-order valence-corrected chi connectivity index (χ0v) is 7.12. The van der Waals surface area contributed by atoms with E-state index in [4.69, 9.17) is 5.73 Å². The number of aromatic nitrogens is 2. The molecule has 0 aliphatic heterocycles. The van der Waals surface area contributed by atoms with Crippen molar-refractivity contribution in [1.29, 1.82) is 0 Å². The van der Waals surface area contributed by atoms with Crippen molar-refractivity contribution in [3.05, 3.63) is 18.2 Å². The Bertz CT molecular complexity index is 217. The fraction of sp³-hybridized carbons (Fsp3) is 0.625. The molecule has 1 rings (SSSR count). The summed E-state index contributed by atoms with van der Waals surface area (Å²) in [6.45, 7) is 5.11. The van der Waals surface area contributed by atoms with Crippen LogP contribution < -0.4 is 5.73 Å². The molecule has 0 aliphatic carbocycles. The third-order valence-electron chi connectivity index (χ3n) is 1.86.